The Kier molecular flexibility index (Phi) is 6.49. The smallest absolute Gasteiger partial charge is 0.118 e. The second kappa shape index (κ2) is 8.37. The van der Waals surface area contributed by atoms with Crippen LogP contribution in [-0.4, -0.2) is 10.8 Å². The molecule has 1 N–H and O–H groups in total. The van der Waals surface area contributed by atoms with E-state index < -0.39 is 10.8 Å². The molecule has 1 unspecified atom stereocenters. The standard InChI is InChI=1S/C16H20ClNO2S/c1-2-9-18-10-14-7-8-15(20-14)12-21(19)11-13-5-3-4-6-16(13)17/h3-8,18H,2,9-12H2,1H3. The monoisotopic (exact) mass is 325 g/mol. The van der Waals surface area contributed by atoms with Gasteiger partial charge >= 0.3 is 0 Å². The van der Waals surface area contributed by atoms with Crippen molar-refractivity contribution >= 4 is 22.4 Å². The number of rotatable bonds is 8. The second-order valence-corrected chi connectivity index (χ2v) is 6.73. The maximum atomic E-state index is 12.2. The van der Waals surface area contributed by atoms with Gasteiger partial charge in [-0.25, -0.2) is 0 Å². The molecule has 114 valence electrons. The number of nitrogens with one attached hydrogen (secondary N) is 1. The van der Waals surface area contributed by atoms with E-state index in [2.05, 4.69) is 12.2 Å². The summed E-state index contributed by atoms with van der Waals surface area (Å²) in [5.41, 5.74) is 0.911. The van der Waals surface area contributed by atoms with Crippen molar-refractivity contribution in [1.82, 2.24) is 5.32 Å². The van der Waals surface area contributed by atoms with Crippen molar-refractivity contribution in [2.24, 2.45) is 0 Å². The summed E-state index contributed by atoms with van der Waals surface area (Å²) in [5, 5.41) is 3.94. The Bertz CT molecular complexity index is 597. The Labute approximate surface area is 133 Å². The summed E-state index contributed by atoms with van der Waals surface area (Å²) >= 11 is 6.08. The lowest BCUT2D eigenvalue weighted by atomic mass is 10.2. The zero-order chi connectivity index (χ0) is 15.1. The van der Waals surface area contributed by atoms with Crippen molar-refractivity contribution < 1.29 is 8.63 Å². The zero-order valence-corrected chi connectivity index (χ0v) is 13.7. The topological polar surface area (TPSA) is 42.2 Å². The van der Waals surface area contributed by atoms with Gasteiger partial charge in [-0.1, -0.05) is 36.7 Å². The molecule has 0 bridgehead atoms. The summed E-state index contributed by atoms with van der Waals surface area (Å²) in [4.78, 5) is 0. The molecular weight excluding hydrogens is 306 g/mol. The lowest BCUT2D eigenvalue weighted by Gasteiger charge is -2.03. The summed E-state index contributed by atoms with van der Waals surface area (Å²) < 4.78 is 17.9. The van der Waals surface area contributed by atoms with Gasteiger partial charge in [-0.05, 0) is 36.7 Å². The first-order chi connectivity index (χ1) is 10.2. The Balaban J connectivity index is 1.87. The average Bonchev–Trinajstić information content (AvgIpc) is 2.89. The molecule has 1 aromatic carbocycles. The maximum Gasteiger partial charge on any atom is 0.118 e. The minimum Gasteiger partial charge on any atom is -0.464 e. The van der Waals surface area contributed by atoms with Crippen LogP contribution in [0.5, 0.6) is 0 Å². The van der Waals surface area contributed by atoms with Crippen LogP contribution in [0.3, 0.4) is 0 Å². The van der Waals surface area contributed by atoms with Crippen LogP contribution in [0.15, 0.2) is 40.8 Å². The molecule has 1 heterocycles. The molecule has 5 heteroatoms. The van der Waals surface area contributed by atoms with Gasteiger partial charge in [0.2, 0.25) is 0 Å². The van der Waals surface area contributed by atoms with Crippen molar-refractivity contribution in [3.63, 3.8) is 0 Å². The van der Waals surface area contributed by atoms with Gasteiger partial charge < -0.3 is 9.73 Å². The van der Waals surface area contributed by atoms with Gasteiger partial charge in [0, 0.05) is 15.8 Å². The van der Waals surface area contributed by atoms with E-state index in [9.17, 15) is 4.21 Å². The van der Waals surface area contributed by atoms with Gasteiger partial charge in [0.15, 0.2) is 0 Å². The van der Waals surface area contributed by atoms with E-state index >= 15 is 0 Å². The summed E-state index contributed by atoms with van der Waals surface area (Å²) in [6.45, 7) is 3.80. The van der Waals surface area contributed by atoms with Crippen molar-refractivity contribution in [1.29, 1.82) is 0 Å². The molecule has 2 rings (SSSR count). The molecule has 0 saturated heterocycles. The molecule has 0 fully saturated rings. The van der Waals surface area contributed by atoms with E-state index in [1.807, 2.05) is 36.4 Å². The van der Waals surface area contributed by atoms with E-state index in [-0.39, 0.29) is 0 Å². The maximum absolute atomic E-state index is 12.2. The second-order valence-electron chi connectivity index (χ2n) is 4.86. The van der Waals surface area contributed by atoms with Crippen LogP contribution >= 0.6 is 11.6 Å². The highest BCUT2D eigenvalue weighted by Crippen LogP contribution is 2.18. The highest BCUT2D eigenvalue weighted by Gasteiger charge is 2.09. The number of halogens is 1. The van der Waals surface area contributed by atoms with Crippen LogP contribution in [0.2, 0.25) is 5.02 Å². The minimum atomic E-state index is -1.02. The molecular formula is C16H20ClNO2S. The molecule has 0 radical (unpaired) electrons. The Morgan fingerprint density at radius 3 is 2.67 bits per heavy atom. The van der Waals surface area contributed by atoms with Gasteiger partial charge in [0.05, 0.1) is 18.1 Å². The van der Waals surface area contributed by atoms with Gasteiger partial charge in [-0.3, -0.25) is 4.21 Å². The normalized spacial score (nSPS) is 12.5. The number of hydrogen-bond donors (Lipinski definition) is 1. The van der Waals surface area contributed by atoms with E-state index in [0.29, 0.717) is 23.1 Å². The van der Waals surface area contributed by atoms with Crippen LogP contribution in [0.4, 0.5) is 0 Å². The zero-order valence-electron chi connectivity index (χ0n) is 12.1. The fourth-order valence-corrected chi connectivity index (χ4v) is 3.44. The highest BCUT2D eigenvalue weighted by atomic mass is 35.5. The van der Waals surface area contributed by atoms with Crippen molar-refractivity contribution in [2.45, 2.75) is 31.4 Å². The summed E-state index contributed by atoms with van der Waals surface area (Å²) in [6.07, 6.45) is 1.09. The van der Waals surface area contributed by atoms with Crippen LogP contribution < -0.4 is 5.32 Å². The predicted octanol–water partition coefficient (Wildman–Crippen LogP) is 3.88. The Morgan fingerprint density at radius 2 is 1.90 bits per heavy atom. The fourth-order valence-electron chi connectivity index (χ4n) is 1.98. The third-order valence-corrected chi connectivity index (χ3v) is 4.63. The molecule has 0 aliphatic rings. The molecule has 1 aromatic heterocycles. The van der Waals surface area contributed by atoms with Crippen molar-refractivity contribution in [2.75, 3.05) is 6.54 Å². The fraction of sp³-hybridized carbons (Fsp3) is 0.375. The minimum absolute atomic E-state index is 0.416. The first-order valence-electron chi connectivity index (χ1n) is 7.05. The van der Waals surface area contributed by atoms with E-state index in [1.54, 1.807) is 0 Å². The van der Waals surface area contributed by atoms with Crippen LogP contribution in [0.1, 0.15) is 30.4 Å². The van der Waals surface area contributed by atoms with Crippen LogP contribution in [0.25, 0.3) is 0 Å². The predicted molar refractivity (Wildman–Crippen MR) is 87.7 cm³/mol. The van der Waals surface area contributed by atoms with E-state index in [0.717, 1.165) is 30.0 Å². The number of benzene rings is 1. The van der Waals surface area contributed by atoms with Gasteiger partial charge in [-0.2, -0.15) is 0 Å². The van der Waals surface area contributed by atoms with Gasteiger partial charge in [0.25, 0.3) is 0 Å². The Hall–Kier alpha value is -1.10. The molecule has 0 spiro atoms. The van der Waals surface area contributed by atoms with Crippen LogP contribution in [-0.2, 0) is 28.9 Å². The van der Waals surface area contributed by atoms with Gasteiger partial charge in [-0.15, -0.1) is 0 Å². The number of hydrogen-bond acceptors (Lipinski definition) is 3. The van der Waals surface area contributed by atoms with Crippen molar-refractivity contribution in [3.05, 3.63) is 58.5 Å². The molecule has 1 atom stereocenters. The molecule has 0 saturated carbocycles. The summed E-state index contributed by atoms with van der Waals surface area (Å²) in [6, 6.07) is 11.3. The molecule has 3 nitrogen and oxygen atoms in total. The highest BCUT2D eigenvalue weighted by molar-refractivity contribution is 7.83. The molecule has 0 amide bonds. The van der Waals surface area contributed by atoms with Gasteiger partial charge in [0.1, 0.15) is 11.5 Å². The third kappa shape index (κ3) is 5.30. The van der Waals surface area contributed by atoms with E-state index in [1.165, 1.54) is 0 Å². The summed E-state index contributed by atoms with van der Waals surface area (Å²) in [5.74, 6) is 2.50. The first kappa shape index (κ1) is 16.3. The molecule has 0 aliphatic carbocycles. The Morgan fingerprint density at radius 1 is 1.14 bits per heavy atom. The first-order valence-corrected chi connectivity index (χ1v) is 8.92. The van der Waals surface area contributed by atoms with Crippen LogP contribution in [0, 0.1) is 0 Å². The quantitative estimate of drug-likeness (QED) is 0.749. The third-order valence-electron chi connectivity index (χ3n) is 3.02. The molecule has 2 aromatic rings. The molecule has 0 aliphatic heterocycles. The lowest BCUT2D eigenvalue weighted by Crippen LogP contribution is -2.13. The SMILES string of the molecule is CCCNCc1ccc(CS(=O)Cc2ccccc2Cl)o1. The van der Waals surface area contributed by atoms with E-state index in [4.69, 9.17) is 16.0 Å². The largest absolute Gasteiger partial charge is 0.464 e. The number of furan rings is 1. The molecule has 21 heavy (non-hydrogen) atoms. The van der Waals surface area contributed by atoms with Crippen molar-refractivity contribution in [3.8, 4) is 0 Å². The lowest BCUT2D eigenvalue weighted by molar-refractivity contribution is 0.458. The average molecular weight is 326 g/mol. The summed E-state index contributed by atoms with van der Waals surface area (Å²) in [7, 11) is -1.02.